The van der Waals surface area contributed by atoms with Crippen molar-refractivity contribution in [3.05, 3.63) is 64.1 Å². The van der Waals surface area contributed by atoms with Gasteiger partial charge in [-0.1, -0.05) is 46.3 Å². The Hall–Kier alpha value is -1.32. The van der Waals surface area contributed by atoms with Crippen LogP contribution in [0, 0.1) is 0 Å². The molecule has 2 aromatic rings. The molecule has 0 fully saturated rings. The van der Waals surface area contributed by atoms with Crippen LogP contribution in [0.4, 0.5) is 0 Å². The normalized spacial score (nSPS) is 12.1. The Morgan fingerprint density at radius 2 is 1.90 bits per heavy atom. The van der Waals surface area contributed by atoms with E-state index in [-0.39, 0.29) is 6.10 Å². The van der Waals surface area contributed by atoms with Crippen LogP contribution in [0.1, 0.15) is 24.0 Å². The predicted octanol–water partition coefficient (Wildman–Crippen LogP) is 4.38. The highest BCUT2D eigenvalue weighted by molar-refractivity contribution is 9.10. The van der Waals surface area contributed by atoms with Crippen molar-refractivity contribution in [3.8, 4) is 5.75 Å². The first-order valence-corrected chi connectivity index (χ1v) is 8.02. The highest BCUT2D eigenvalue weighted by Crippen LogP contribution is 2.25. The minimum Gasteiger partial charge on any atom is -0.496 e. The molecule has 0 saturated carbocycles. The lowest BCUT2D eigenvalue weighted by molar-refractivity contribution is 0.161. The smallest absolute Gasteiger partial charge is 0.122 e. The summed E-state index contributed by atoms with van der Waals surface area (Å²) in [5.41, 5.74) is 2.36. The molecule has 0 spiro atoms. The van der Waals surface area contributed by atoms with Gasteiger partial charge in [-0.3, -0.25) is 0 Å². The van der Waals surface area contributed by atoms with Crippen molar-refractivity contribution in [3.63, 3.8) is 0 Å². The summed E-state index contributed by atoms with van der Waals surface area (Å²) in [5.74, 6) is 0.834. The largest absolute Gasteiger partial charge is 0.496 e. The van der Waals surface area contributed by atoms with Gasteiger partial charge < -0.3 is 9.84 Å². The minimum atomic E-state index is -0.336. The SMILES string of the molecule is COc1ccc(Br)cc1CC(O)CCCc1ccccc1. The Labute approximate surface area is 134 Å². The monoisotopic (exact) mass is 348 g/mol. The van der Waals surface area contributed by atoms with Crippen molar-refractivity contribution in [2.45, 2.75) is 31.8 Å². The standard InChI is InChI=1S/C18H21BrO2/c1-21-18-11-10-16(19)12-15(18)13-17(20)9-5-8-14-6-3-2-4-7-14/h2-4,6-7,10-12,17,20H,5,8-9,13H2,1H3. The van der Waals surface area contributed by atoms with E-state index in [1.807, 2.05) is 24.3 Å². The van der Waals surface area contributed by atoms with Crippen LogP contribution < -0.4 is 4.74 Å². The molecule has 0 aliphatic rings. The number of aryl methyl sites for hydroxylation is 1. The second-order valence-corrected chi connectivity index (χ2v) is 6.11. The molecule has 2 rings (SSSR count). The van der Waals surface area contributed by atoms with Crippen molar-refractivity contribution in [1.29, 1.82) is 0 Å². The van der Waals surface area contributed by atoms with Crippen LogP contribution in [0.3, 0.4) is 0 Å². The fourth-order valence-corrected chi connectivity index (χ4v) is 2.86. The Balaban J connectivity index is 1.84. The van der Waals surface area contributed by atoms with Crippen molar-refractivity contribution in [1.82, 2.24) is 0 Å². The number of halogens is 1. The zero-order valence-corrected chi connectivity index (χ0v) is 13.8. The van der Waals surface area contributed by atoms with Crippen molar-refractivity contribution in [2.24, 2.45) is 0 Å². The first kappa shape index (κ1) is 16.1. The molecule has 21 heavy (non-hydrogen) atoms. The highest BCUT2D eigenvalue weighted by atomic mass is 79.9. The number of ether oxygens (including phenoxy) is 1. The van der Waals surface area contributed by atoms with Gasteiger partial charge in [0.05, 0.1) is 13.2 Å². The van der Waals surface area contributed by atoms with Crippen LogP contribution in [0.5, 0.6) is 5.75 Å². The quantitative estimate of drug-likeness (QED) is 0.804. The average Bonchev–Trinajstić information content (AvgIpc) is 2.48. The summed E-state index contributed by atoms with van der Waals surface area (Å²) in [6, 6.07) is 16.3. The predicted molar refractivity (Wildman–Crippen MR) is 89.8 cm³/mol. The van der Waals surface area contributed by atoms with Crippen LogP contribution in [-0.4, -0.2) is 18.3 Å². The van der Waals surface area contributed by atoms with E-state index in [1.54, 1.807) is 7.11 Å². The van der Waals surface area contributed by atoms with E-state index in [0.29, 0.717) is 6.42 Å². The maximum absolute atomic E-state index is 10.2. The second-order valence-electron chi connectivity index (χ2n) is 5.19. The van der Waals surface area contributed by atoms with Crippen LogP contribution in [0.2, 0.25) is 0 Å². The lowest BCUT2D eigenvalue weighted by Gasteiger charge is -2.14. The molecule has 0 heterocycles. The van der Waals surface area contributed by atoms with E-state index < -0.39 is 0 Å². The van der Waals surface area contributed by atoms with Crippen molar-refractivity contribution in [2.75, 3.05) is 7.11 Å². The van der Waals surface area contributed by atoms with Crippen LogP contribution in [-0.2, 0) is 12.8 Å². The molecule has 0 saturated heterocycles. The second kappa shape index (κ2) is 8.20. The third-order valence-corrected chi connectivity index (χ3v) is 4.04. The zero-order valence-electron chi connectivity index (χ0n) is 12.3. The topological polar surface area (TPSA) is 29.5 Å². The van der Waals surface area contributed by atoms with E-state index in [1.165, 1.54) is 5.56 Å². The van der Waals surface area contributed by atoms with Gasteiger partial charge in [0, 0.05) is 10.9 Å². The summed E-state index contributed by atoms with van der Waals surface area (Å²) in [4.78, 5) is 0. The van der Waals surface area contributed by atoms with E-state index in [0.717, 1.165) is 35.0 Å². The van der Waals surface area contributed by atoms with Gasteiger partial charge in [-0.2, -0.15) is 0 Å². The first-order chi connectivity index (χ1) is 10.2. The number of hydrogen-bond donors (Lipinski definition) is 1. The van der Waals surface area contributed by atoms with Gasteiger partial charge in [0.2, 0.25) is 0 Å². The minimum absolute atomic E-state index is 0.336. The zero-order chi connectivity index (χ0) is 15.1. The molecule has 112 valence electrons. The molecular weight excluding hydrogens is 328 g/mol. The fraction of sp³-hybridized carbons (Fsp3) is 0.333. The highest BCUT2D eigenvalue weighted by Gasteiger charge is 2.10. The van der Waals surface area contributed by atoms with Crippen molar-refractivity contribution >= 4 is 15.9 Å². The molecule has 0 bridgehead atoms. The summed E-state index contributed by atoms with van der Waals surface area (Å²) >= 11 is 3.46. The molecule has 0 radical (unpaired) electrons. The maximum atomic E-state index is 10.2. The number of aliphatic hydroxyl groups is 1. The van der Waals surface area contributed by atoms with E-state index >= 15 is 0 Å². The molecule has 1 N–H and O–H groups in total. The third kappa shape index (κ3) is 5.18. The molecular formula is C18H21BrO2. The third-order valence-electron chi connectivity index (χ3n) is 3.54. The van der Waals surface area contributed by atoms with Crippen molar-refractivity contribution < 1.29 is 9.84 Å². The average molecular weight is 349 g/mol. The van der Waals surface area contributed by atoms with E-state index in [9.17, 15) is 5.11 Å². The van der Waals surface area contributed by atoms with Crippen LogP contribution >= 0.6 is 15.9 Å². The molecule has 1 unspecified atom stereocenters. The molecule has 0 aliphatic carbocycles. The molecule has 2 nitrogen and oxygen atoms in total. The molecule has 0 aromatic heterocycles. The number of aliphatic hydroxyl groups excluding tert-OH is 1. The summed E-state index contributed by atoms with van der Waals surface area (Å²) in [6.45, 7) is 0. The van der Waals surface area contributed by atoms with Gasteiger partial charge in [-0.05, 0) is 48.6 Å². The van der Waals surface area contributed by atoms with Gasteiger partial charge in [0.1, 0.15) is 5.75 Å². The molecule has 0 aliphatic heterocycles. The molecule has 0 amide bonds. The number of benzene rings is 2. The van der Waals surface area contributed by atoms with Gasteiger partial charge in [0.25, 0.3) is 0 Å². The summed E-state index contributed by atoms with van der Waals surface area (Å²) in [7, 11) is 1.66. The molecule has 3 heteroatoms. The number of hydrogen-bond acceptors (Lipinski definition) is 2. The summed E-state index contributed by atoms with van der Waals surface area (Å²) < 4.78 is 6.35. The first-order valence-electron chi connectivity index (χ1n) is 7.23. The molecule has 2 aromatic carbocycles. The maximum Gasteiger partial charge on any atom is 0.122 e. The number of rotatable bonds is 7. The Morgan fingerprint density at radius 3 is 2.62 bits per heavy atom. The van der Waals surface area contributed by atoms with Gasteiger partial charge >= 0.3 is 0 Å². The fourth-order valence-electron chi connectivity index (χ4n) is 2.45. The van der Waals surface area contributed by atoms with Gasteiger partial charge in [0.15, 0.2) is 0 Å². The van der Waals surface area contributed by atoms with E-state index in [4.69, 9.17) is 4.74 Å². The Kier molecular flexibility index (Phi) is 6.27. The lowest BCUT2D eigenvalue weighted by Crippen LogP contribution is -2.11. The van der Waals surface area contributed by atoms with Gasteiger partial charge in [-0.25, -0.2) is 0 Å². The summed E-state index contributed by atoms with van der Waals surface area (Å²) in [5, 5.41) is 10.2. The molecule has 1 atom stereocenters. The van der Waals surface area contributed by atoms with Crippen LogP contribution in [0.15, 0.2) is 53.0 Å². The Bertz CT molecular complexity index is 554. The van der Waals surface area contributed by atoms with Crippen LogP contribution in [0.25, 0.3) is 0 Å². The van der Waals surface area contributed by atoms with Gasteiger partial charge in [-0.15, -0.1) is 0 Å². The Morgan fingerprint density at radius 1 is 1.14 bits per heavy atom. The lowest BCUT2D eigenvalue weighted by atomic mass is 10.0. The number of methoxy groups -OCH3 is 1. The van der Waals surface area contributed by atoms with E-state index in [2.05, 4.69) is 40.2 Å². The summed E-state index contributed by atoms with van der Waals surface area (Å²) in [6.07, 6.45) is 3.08.